The van der Waals surface area contributed by atoms with E-state index in [4.69, 9.17) is 9.84 Å². The number of aliphatic hydroxyl groups is 1. The van der Waals surface area contributed by atoms with Crippen molar-refractivity contribution in [3.05, 3.63) is 0 Å². The standard InChI is InChI=1S/C10H21NO3S/c1-10(2,3)15-7-9(13)11-8(5-12)6-14-4/h8,12H,5-7H2,1-4H3,(H,11,13). The molecule has 0 rings (SSSR count). The van der Waals surface area contributed by atoms with E-state index in [0.717, 1.165) is 0 Å². The van der Waals surface area contributed by atoms with Crippen LogP contribution in [0.5, 0.6) is 0 Å². The number of rotatable bonds is 6. The predicted molar refractivity (Wildman–Crippen MR) is 63.1 cm³/mol. The molecule has 5 heteroatoms. The molecule has 0 aliphatic rings. The summed E-state index contributed by atoms with van der Waals surface area (Å²) >= 11 is 1.58. The molecule has 0 radical (unpaired) electrons. The van der Waals surface area contributed by atoms with Crippen LogP contribution >= 0.6 is 11.8 Å². The molecule has 0 fully saturated rings. The van der Waals surface area contributed by atoms with Crippen LogP contribution in [0.4, 0.5) is 0 Å². The van der Waals surface area contributed by atoms with E-state index in [2.05, 4.69) is 26.1 Å². The summed E-state index contributed by atoms with van der Waals surface area (Å²) in [4.78, 5) is 11.4. The fourth-order valence-corrected chi connectivity index (χ4v) is 1.54. The van der Waals surface area contributed by atoms with Crippen molar-refractivity contribution in [2.24, 2.45) is 0 Å². The molecule has 1 unspecified atom stereocenters. The van der Waals surface area contributed by atoms with E-state index in [1.54, 1.807) is 18.9 Å². The van der Waals surface area contributed by atoms with Crippen LogP contribution in [0.3, 0.4) is 0 Å². The van der Waals surface area contributed by atoms with Crippen LogP contribution in [-0.2, 0) is 9.53 Å². The monoisotopic (exact) mass is 235 g/mol. The van der Waals surface area contributed by atoms with Gasteiger partial charge in [-0.25, -0.2) is 0 Å². The minimum atomic E-state index is -0.303. The van der Waals surface area contributed by atoms with Crippen molar-refractivity contribution >= 4 is 17.7 Å². The van der Waals surface area contributed by atoms with Crippen LogP contribution in [-0.4, -0.2) is 47.9 Å². The van der Waals surface area contributed by atoms with Crippen molar-refractivity contribution < 1.29 is 14.6 Å². The second kappa shape index (κ2) is 7.09. The second-order valence-corrected chi connectivity index (χ2v) is 6.11. The first-order valence-electron chi connectivity index (χ1n) is 4.92. The number of ether oxygens (including phenoxy) is 1. The van der Waals surface area contributed by atoms with E-state index >= 15 is 0 Å². The number of amides is 1. The average Bonchev–Trinajstić information content (AvgIpc) is 2.13. The summed E-state index contributed by atoms with van der Waals surface area (Å²) in [6, 6.07) is -0.303. The molecule has 4 nitrogen and oxygen atoms in total. The third-order valence-electron chi connectivity index (χ3n) is 1.59. The summed E-state index contributed by atoms with van der Waals surface area (Å²) in [6.07, 6.45) is 0. The Morgan fingerprint density at radius 3 is 2.53 bits per heavy atom. The van der Waals surface area contributed by atoms with Gasteiger partial charge in [0.2, 0.25) is 5.91 Å². The number of carbonyl (C=O) groups is 1. The molecule has 0 aromatic carbocycles. The summed E-state index contributed by atoms with van der Waals surface area (Å²) in [5, 5.41) is 11.6. The van der Waals surface area contributed by atoms with Crippen molar-refractivity contribution in [1.82, 2.24) is 5.32 Å². The molecule has 1 amide bonds. The molecule has 0 saturated heterocycles. The maximum Gasteiger partial charge on any atom is 0.230 e. The van der Waals surface area contributed by atoms with E-state index in [-0.39, 0.29) is 23.3 Å². The number of carbonyl (C=O) groups excluding carboxylic acids is 1. The highest BCUT2D eigenvalue weighted by molar-refractivity contribution is 8.01. The number of hydrogen-bond donors (Lipinski definition) is 2. The number of hydrogen-bond acceptors (Lipinski definition) is 4. The molecule has 0 spiro atoms. The minimum Gasteiger partial charge on any atom is -0.394 e. The highest BCUT2D eigenvalue weighted by atomic mass is 32.2. The molecule has 0 saturated carbocycles. The molecule has 15 heavy (non-hydrogen) atoms. The van der Waals surface area contributed by atoms with Gasteiger partial charge in [-0.15, -0.1) is 11.8 Å². The molecule has 0 aliphatic carbocycles. The first-order chi connectivity index (χ1) is 6.89. The average molecular weight is 235 g/mol. The van der Waals surface area contributed by atoms with E-state index in [9.17, 15) is 4.79 Å². The Morgan fingerprint density at radius 1 is 1.53 bits per heavy atom. The van der Waals surface area contributed by atoms with Crippen LogP contribution in [0.2, 0.25) is 0 Å². The van der Waals surface area contributed by atoms with Gasteiger partial charge in [-0.3, -0.25) is 4.79 Å². The highest BCUT2D eigenvalue weighted by Crippen LogP contribution is 2.22. The first kappa shape index (κ1) is 14.7. The van der Waals surface area contributed by atoms with Gasteiger partial charge in [0.05, 0.1) is 25.0 Å². The van der Waals surface area contributed by atoms with Crippen molar-refractivity contribution in [3.63, 3.8) is 0 Å². The van der Waals surface area contributed by atoms with Crippen molar-refractivity contribution in [2.75, 3.05) is 26.1 Å². The summed E-state index contributed by atoms with van der Waals surface area (Å²) in [6.45, 7) is 6.42. The lowest BCUT2D eigenvalue weighted by Crippen LogP contribution is -2.41. The van der Waals surface area contributed by atoms with E-state index in [1.807, 2.05) is 0 Å². The largest absolute Gasteiger partial charge is 0.394 e. The highest BCUT2D eigenvalue weighted by Gasteiger charge is 2.15. The topological polar surface area (TPSA) is 58.6 Å². The van der Waals surface area contributed by atoms with Crippen molar-refractivity contribution in [2.45, 2.75) is 31.6 Å². The molecule has 0 aliphatic heterocycles. The zero-order valence-electron chi connectivity index (χ0n) is 9.87. The third-order valence-corrected chi connectivity index (χ3v) is 2.86. The van der Waals surface area contributed by atoms with Crippen LogP contribution in [0.15, 0.2) is 0 Å². The fraction of sp³-hybridized carbons (Fsp3) is 0.900. The molecule has 0 heterocycles. The predicted octanol–water partition coefficient (Wildman–Crippen LogP) is 0.642. The van der Waals surface area contributed by atoms with Gasteiger partial charge in [-0.1, -0.05) is 20.8 Å². The van der Waals surface area contributed by atoms with E-state index in [0.29, 0.717) is 12.4 Å². The molecule has 0 bridgehead atoms. The SMILES string of the molecule is COCC(CO)NC(=O)CSC(C)(C)C. The Morgan fingerprint density at radius 2 is 2.13 bits per heavy atom. The lowest BCUT2D eigenvalue weighted by molar-refractivity contribution is -0.120. The van der Waals surface area contributed by atoms with Gasteiger partial charge in [0.15, 0.2) is 0 Å². The van der Waals surface area contributed by atoms with Gasteiger partial charge in [0, 0.05) is 11.9 Å². The van der Waals surface area contributed by atoms with E-state index < -0.39 is 0 Å². The zero-order valence-corrected chi connectivity index (χ0v) is 10.7. The summed E-state index contributed by atoms with van der Waals surface area (Å²) in [5.41, 5.74) is 0. The Kier molecular flexibility index (Phi) is 6.96. The van der Waals surface area contributed by atoms with Crippen LogP contribution in [0.1, 0.15) is 20.8 Å². The van der Waals surface area contributed by atoms with E-state index in [1.165, 1.54) is 0 Å². The van der Waals surface area contributed by atoms with Gasteiger partial charge in [0.25, 0.3) is 0 Å². The van der Waals surface area contributed by atoms with Gasteiger partial charge in [0.1, 0.15) is 0 Å². The lowest BCUT2D eigenvalue weighted by atomic mass is 10.3. The number of thioether (sulfide) groups is 1. The molecule has 90 valence electrons. The zero-order chi connectivity index (χ0) is 11.9. The molecule has 0 aromatic heterocycles. The van der Waals surface area contributed by atoms with Crippen LogP contribution in [0, 0.1) is 0 Å². The Hall–Kier alpha value is -0.260. The van der Waals surface area contributed by atoms with Gasteiger partial charge in [-0.2, -0.15) is 0 Å². The maximum absolute atomic E-state index is 11.4. The normalized spacial score (nSPS) is 13.7. The first-order valence-corrected chi connectivity index (χ1v) is 5.90. The lowest BCUT2D eigenvalue weighted by Gasteiger charge is -2.19. The van der Waals surface area contributed by atoms with Crippen molar-refractivity contribution in [1.29, 1.82) is 0 Å². The van der Waals surface area contributed by atoms with Crippen LogP contribution < -0.4 is 5.32 Å². The fourth-order valence-electron chi connectivity index (χ4n) is 0.893. The maximum atomic E-state index is 11.4. The summed E-state index contributed by atoms with van der Waals surface area (Å²) in [7, 11) is 1.54. The summed E-state index contributed by atoms with van der Waals surface area (Å²) in [5.74, 6) is 0.343. The number of nitrogens with one attached hydrogen (secondary N) is 1. The molecule has 1 atom stereocenters. The Bertz CT molecular complexity index is 192. The third kappa shape index (κ3) is 8.72. The second-order valence-electron chi connectivity index (χ2n) is 4.30. The Balaban J connectivity index is 3.81. The summed E-state index contributed by atoms with van der Waals surface area (Å²) < 4.78 is 4.94. The molecule has 0 aromatic rings. The van der Waals surface area contributed by atoms with Gasteiger partial charge < -0.3 is 15.2 Å². The minimum absolute atomic E-state index is 0.0639. The quantitative estimate of drug-likeness (QED) is 0.709. The molecule has 2 N–H and O–H groups in total. The van der Waals surface area contributed by atoms with Gasteiger partial charge in [-0.05, 0) is 0 Å². The molecular formula is C10H21NO3S. The Labute approximate surface area is 95.8 Å². The molecular weight excluding hydrogens is 214 g/mol. The van der Waals surface area contributed by atoms with Crippen LogP contribution in [0.25, 0.3) is 0 Å². The number of aliphatic hydroxyl groups excluding tert-OH is 1. The van der Waals surface area contributed by atoms with Crippen molar-refractivity contribution in [3.8, 4) is 0 Å². The van der Waals surface area contributed by atoms with Gasteiger partial charge >= 0.3 is 0 Å². The number of methoxy groups -OCH3 is 1. The smallest absolute Gasteiger partial charge is 0.230 e.